The van der Waals surface area contributed by atoms with E-state index in [0.29, 0.717) is 5.56 Å². The molecular formula is C29H29ClF2N2O4. The normalized spacial score (nSPS) is 22.7. The standard InChI is InChI=1S/C29H29ClF2N2O4/c1-15(35)14-37-20-10-9-18(28(36)33-3)24(27(20)32)25-23-16(2)29(22-11-12-34-22,17-7-5-4-6-8-17)38-21(23)13-19(31)26(25)30/h4-10,13,15-16,22,34-35H,11-12,14H2,1-3H3,(H,33,36)/t15?,16-,22?,29-/m0/s1. The number of nitrogens with one attached hydrogen (secondary N) is 2. The predicted octanol–water partition coefficient (Wildman–Crippen LogP) is 5.16. The number of amides is 1. The topological polar surface area (TPSA) is 79.8 Å². The summed E-state index contributed by atoms with van der Waals surface area (Å²) in [7, 11) is 1.42. The number of carbonyl (C=O) groups is 1. The van der Waals surface area contributed by atoms with Gasteiger partial charge in [-0.15, -0.1) is 0 Å². The Morgan fingerprint density at radius 3 is 2.58 bits per heavy atom. The van der Waals surface area contributed by atoms with Crippen LogP contribution in [0.15, 0.2) is 48.5 Å². The van der Waals surface area contributed by atoms with Gasteiger partial charge in [0.2, 0.25) is 0 Å². The molecule has 0 aromatic heterocycles. The molecule has 9 heteroatoms. The minimum atomic E-state index is -0.905. The van der Waals surface area contributed by atoms with Crippen LogP contribution in [0.3, 0.4) is 0 Å². The van der Waals surface area contributed by atoms with Gasteiger partial charge < -0.3 is 25.2 Å². The molecule has 2 unspecified atom stereocenters. The van der Waals surface area contributed by atoms with Crippen molar-refractivity contribution in [1.29, 1.82) is 0 Å². The highest BCUT2D eigenvalue weighted by molar-refractivity contribution is 6.34. The lowest BCUT2D eigenvalue weighted by Gasteiger charge is -2.46. The van der Waals surface area contributed by atoms with Crippen molar-refractivity contribution in [2.75, 3.05) is 20.2 Å². The van der Waals surface area contributed by atoms with Gasteiger partial charge in [-0.2, -0.15) is 0 Å². The van der Waals surface area contributed by atoms with Crippen LogP contribution < -0.4 is 20.1 Å². The lowest BCUT2D eigenvalue weighted by molar-refractivity contribution is 0.000847. The lowest BCUT2D eigenvalue weighted by atomic mass is 9.71. The molecule has 0 saturated carbocycles. The highest BCUT2D eigenvalue weighted by atomic mass is 35.5. The van der Waals surface area contributed by atoms with Crippen LogP contribution in [-0.2, 0) is 5.60 Å². The van der Waals surface area contributed by atoms with E-state index in [1.54, 1.807) is 0 Å². The Hall–Kier alpha value is -3.20. The van der Waals surface area contributed by atoms with Crippen molar-refractivity contribution in [3.63, 3.8) is 0 Å². The molecule has 0 aliphatic carbocycles. The summed E-state index contributed by atoms with van der Waals surface area (Å²) in [6, 6.07) is 13.5. The Morgan fingerprint density at radius 1 is 1.26 bits per heavy atom. The van der Waals surface area contributed by atoms with Crippen LogP contribution in [0.4, 0.5) is 8.78 Å². The Bertz CT molecular complexity index is 1380. The number of aliphatic hydroxyl groups excluding tert-OH is 1. The fourth-order valence-corrected chi connectivity index (χ4v) is 5.79. The first-order valence-corrected chi connectivity index (χ1v) is 12.9. The van der Waals surface area contributed by atoms with E-state index < -0.39 is 35.2 Å². The van der Waals surface area contributed by atoms with Gasteiger partial charge in [0.1, 0.15) is 18.2 Å². The van der Waals surface area contributed by atoms with Gasteiger partial charge >= 0.3 is 0 Å². The molecule has 3 N–H and O–H groups in total. The van der Waals surface area contributed by atoms with Crippen LogP contribution in [-0.4, -0.2) is 43.4 Å². The number of rotatable bonds is 7. The number of benzene rings is 3. The first-order valence-electron chi connectivity index (χ1n) is 12.6. The van der Waals surface area contributed by atoms with E-state index in [9.17, 15) is 9.90 Å². The summed E-state index contributed by atoms with van der Waals surface area (Å²) >= 11 is 6.59. The molecule has 200 valence electrons. The average Bonchev–Trinajstić information content (AvgIpc) is 3.15. The smallest absolute Gasteiger partial charge is 0.251 e. The summed E-state index contributed by atoms with van der Waals surface area (Å²) in [4.78, 5) is 12.9. The van der Waals surface area contributed by atoms with Crippen molar-refractivity contribution in [1.82, 2.24) is 10.6 Å². The molecule has 5 rings (SSSR count). The van der Waals surface area contributed by atoms with Crippen molar-refractivity contribution in [2.45, 2.75) is 43.9 Å². The Morgan fingerprint density at radius 2 is 1.97 bits per heavy atom. The molecule has 38 heavy (non-hydrogen) atoms. The third-order valence-corrected chi connectivity index (χ3v) is 7.82. The number of carbonyl (C=O) groups excluding carboxylic acids is 1. The predicted molar refractivity (Wildman–Crippen MR) is 141 cm³/mol. The zero-order chi connectivity index (χ0) is 27.2. The van der Waals surface area contributed by atoms with Crippen molar-refractivity contribution in [3.05, 3.63) is 81.9 Å². The van der Waals surface area contributed by atoms with E-state index in [-0.39, 0.29) is 45.9 Å². The summed E-state index contributed by atoms with van der Waals surface area (Å²) in [5, 5.41) is 15.3. The lowest BCUT2D eigenvalue weighted by Crippen LogP contribution is -2.60. The van der Waals surface area contributed by atoms with Gasteiger partial charge in [-0.1, -0.05) is 48.9 Å². The minimum absolute atomic E-state index is 0.0322. The molecule has 2 aliphatic heterocycles. The molecule has 0 spiro atoms. The molecule has 1 saturated heterocycles. The maximum atomic E-state index is 16.2. The Labute approximate surface area is 224 Å². The van der Waals surface area contributed by atoms with Gasteiger partial charge in [0.15, 0.2) is 17.2 Å². The van der Waals surface area contributed by atoms with Gasteiger partial charge in [0.05, 0.1) is 22.7 Å². The van der Waals surface area contributed by atoms with Crippen molar-refractivity contribution in [3.8, 4) is 22.6 Å². The van der Waals surface area contributed by atoms with E-state index in [1.165, 1.54) is 32.2 Å². The highest BCUT2D eigenvalue weighted by Crippen LogP contribution is 2.58. The van der Waals surface area contributed by atoms with Gasteiger partial charge in [0.25, 0.3) is 5.91 Å². The number of hydrogen-bond donors (Lipinski definition) is 3. The number of halogens is 3. The van der Waals surface area contributed by atoms with Crippen LogP contribution in [0.2, 0.25) is 5.02 Å². The van der Waals surface area contributed by atoms with Crippen LogP contribution in [0.5, 0.6) is 11.5 Å². The number of aliphatic hydroxyl groups is 1. The molecule has 6 nitrogen and oxygen atoms in total. The Balaban J connectivity index is 1.77. The first-order chi connectivity index (χ1) is 18.2. The second-order valence-electron chi connectivity index (χ2n) is 9.78. The van der Waals surface area contributed by atoms with Crippen LogP contribution in [0, 0.1) is 11.6 Å². The summed E-state index contributed by atoms with van der Waals surface area (Å²) in [5.74, 6) is -2.60. The SMILES string of the molecule is CNC(=O)c1ccc(OCC(C)O)c(F)c1-c1c(Cl)c(F)cc2c1[C@H](C)[C@](c1ccccc1)(C1CCN1)O2. The second kappa shape index (κ2) is 10.2. The summed E-state index contributed by atoms with van der Waals surface area (Å²) in [5.41, 5.74) is 0.321. The molecule has 2 aliphatic rings. The highest BCUT2D eigenvalue weighted by Gasteiger charge is 2.56. The van der Waals surface area contributed by atoms with Crippen molar-refractivity contribution in [2.24, 2.45) is 0 Å². The number of fused-ring (bicyclic) bond motifs is 1. The van der Waals surface area contributed by atoms with E-state index in [4.69, 9.17) is 21.1 Å². The monoisotopic (exact) mass is 542 g/mol. The molecule has 3 aromatic rings. The van der Waals surface area contributed by atoms with Gasteiger partial charge in [-0.25, -0.2) is 8.78 Å². The minimum Gasteiger partial charge on any atom is -0.488 e. The number of hydrogen-bond acceptors (Lipinski definition) is 5. The molecule has 4 atom stereocenters. The van der Waals surface area contributed by atoms with Crippen molar-refractivity contribution < 1.29 is 28.2 Å². The van der Waals surface area contributed by atoms with Crippen LogP contribution in [0.1, 0.15) is 47.7 Å². The molecule has 3 aromatic carbocycles. The van der Waals surface area contributed by atoms with E-state index in [1.807, 2.05) is 37.3 Å². The van der Waals surface area contributed by atoms with Gasteiger partial charge in [0, 0.05) is 35.7 Å². The summed E-state index contributed by atoms with van der Waals surface area (Å²) < 4.78 is 43.7. The van der Waals surface area contributed by atoms with E-state index >= 15 is 8.78 Å². The molecule has 2 heterocycles. The molecule has 1 amide bonds. The van der Waals surface area contributed by atoms with E-state index in [2.05, 4.69) is 10.6 Å². The fraction of sp³-hybridized carbons (Fsp3) is 0.345. The molecule has 0 bridgehead atoms. The maximum Gasteiger partial charge on any atom is 0.251 e. The summed E-state index contributed by atoms with van der Waals surface area (Å²) in [6.45, 7) is 4.09. The largest absolute Gasteiger partial charge is 0.488 e. The quantitative estimate of drug-likeness (QED) is 0.384. The maximum absolute atomic E-state index is 16.2. The second-order valence-corrected chi connectivity index (χ2v) is 10.2. The van der Waals surface area contributed by atoms with Gasteiger partial charge in [-0.3, -0.25) is 4.79 Å². The molecule has 1 fully saturated rings. The van der Waals surface area contributed by atoms with Crippen LogP contribution in [0.25, 0.3) is 11.1 Å². The third-order valence-electron chi connectivity index (χ3n) is 7.45. The number of ether oxygens (including phenoxy) is 2. The fourth-order valence-electron chi connectivity index (χ4n) is 5.54. The molecule has 0 radical (unpaired) electrons. The van der Waals surface area contributed by atoms with E-state index in [0.717, 1.165) is 18.5 Å². The molecular weight excluding hydrogens is 514 g/mol. The third kappa shape index (κ3) is 4.11. The average molecular weight is 543 g/mol. The zero-order valence-electron chi connectivity index (χ0n) is 21.3. The summed E-state index contributed by atoms with van der Waals surface area (Å²) in [6.07, 6.45) is -0.0207. The first kappa shape index (κ1) is 26.4. The Kier molecular flexibility index (Phi) is 7.07. The van der Waals surface area contributed by atoms with Crippen molar-refractivity contribution >= 4 is 17.5 Å². The zero-order valence-corrected chi connectivity index (χ0v) is 22.0. The van der Waals surface area contributed by atoms with Crippen LogP contribution >= 0.6 is 11.6 Å². The van der Waals surface area contributed by atoms with Gasteiger partial charge in [-0.05, 0) is 37.6 Å².